The normalized spacial score (nSPS) is 11.3. The molecule has 4 rings (SSSR count). The molecule has 0 aliphatic carbocycles. The van der Waals surface area contributed by atoms with Crippen molar-refractivity contribution in [2.45, 2.75) is 6.42 Å². The van der Waals surface area contributed by atoms with Gasteiger partial charge >= 0.3 is 0 Å². The summed E-state index contributed by atoms with van der Waals surface area (Å²) < 4.78 is 0. The molecule has 0 aliphatic heterocycles. The molecular formula is C20H16N2. The van der Waals surface area contributed by atoms with E-state index in [9.17, 15) is 0 Å². The van der Waals surface area contributed by atoms with Crippen LogP contribution in [0.2, 0.25) is 0 Å². The maximum absolute atomic E-state index is 4.76. The summed E-state index contributed by atoms with van der Waals surface area (Å²) in [4.78, 5) is 8.24. The third kappa shape index (κ3) is 1.92. The lowest BCUT2D eigenvalue weighted by molar-refractivity contribution is 1.04. The number of imidazole rings is 1. The third-order valence-electron chi connectivity index (χ3n) is 4.14. The first-order chi connectivity index (χ1) is 10.7. The van der Waals surface area contributed by atoms with E-state index in [-0.39, 0.29) is 0 Å². The predicted molar refractivity (Wildman–Crippen MR) is 93.1 cm³/mol. The molecule has 1 heterocycles. The zero-order chi connectivity index (χ0) is 15.1. The van der Waals surface area contributed by atoms with Gasteiger partial charge in [-0.2, -0.15) is 0 Å². The molecule has 0 fully saturated rings. The van der Waals surface area contributed by atoms with Gasteiger partial charge in [0.15, 0.2) is 0 Å². The average molecular weight is 284 g/mol. The Morgan fingerprint density at radius 2 is 1.50 bits per heavy atom. The summed E-state index contributed by atoms with van der Waals surface area (Å²) in [6, 6.07) is 18.6. The van der Waals surface area contributed by atoms with Crippen molar-refractivity contribution in [2.75, 3.05) is 0 Å². The molecule has 0 radical (unpaired) electrons. The van der Waals surface area contributed by atoms with Gasteiger partial charge in [-0.15, -0.1) is 0 Å². The van der Waals surface area contributed by atoms with E-state index in [4.69, 9.17) is 4.98 Å². The molecular weight excluding hydrogens is 268 g/mol. The van der Waals surface area contributed by atoms with Gasteiger partial charge in [0.2, 0.25) is 0 Å². The second-order valence-electron chi connectivity index (χ2n) is 5.57. The molecule has 0 unspecified atom stereocenters. The van der Waals surface area contributed by atoms with E-state index < -0.39 is 0 Å². The largest absolute Gasteiger partial charge is 0.341 e. The van der Waals surface area contributed by atoms with Crippen molar-refractivity contribution in [3.8, 4) is 0 Å². The smallest absolute Gasteiger partial charge is 0.111 e. The lowest BCUT2D eigenvalue weighted by Crippen LogP contribution is -2.23. The number of aromatic nitrogens is 2. The number of nitrogens with one attached hydrogen (secondary N) is 1. The Morgan fingerprint density at radius 1 is 0.818 bits per heavy atom. The number of hydrogen-bond acceptors (Lipinski definition) is 1. The first-order valence-electron chi connectivity index (χ1n) is 7.35. The highest BCUT2D eigenvalue weighted by Gasteiger charge is 2.09. The van der Waals surface area contributed by atoms with Gasteiger partial charge in [-0.25, -0.2) is 4.98 Å². The summed E-state index contributed by atoms with van der Waals surface area (Å²) >= 11 is 0. The summed E-state index contributed by atoms with van der Waals surface area (Å²) in [5.41, 5.74) is 3.22. The summed E-state index contributed by atoms with van der Waals surface area (Å²) in [7, 11) is 0. The molecule has 3 aromatic carbocycles. The minimum atomic E-state index is 0.787. The monoisotopic (exact) mass is 284 g/mol. The standard InChI is InChI=1S/C20H16N2/c1-13-14(2)19-20(17-11-7-6-10-16(13)17)22-18(21-19)12-15-8-4-3-5-9-15/h3-11H,1-2,12H2,(H,21,22). The fourth-order valence-corrected chi connectivity index (χ4v) is 2.98. The van der Waals surface area contributed by atoms with E-state index in [1.54, 1.807) is 0 Å². The molecule has 0 spiro atoms. The minimum absolute atomic E-state index is 0.787. The van der Waals surface area contributed by atoms with E-state index >= 15 is 0 Å². The molecule has 0 amide bonds. The molecule has 0 atom stereocenters. The van der Waals surface area contributed by atoms with Crippen LogP contribution in [0, 0.1) is 0 Å². The Hall–Kier alpha value is -2.87. The Bertz CT molecular complexity index is 1080. The molecule has 1 N–H and O–H groups in total. The first-order valence-corrected chi connectivity index (χ1v) is 7.35. The minimum Gasteiger partial charge on any atom is -0.341 e. The van der Waals surface area contributed by atoms with Crippen LogP contribution < -0.4 is 10.4 Å². The highest BCUT2D eigenvalue weighted by molar-refractivity contribution is 6.04. The molecule has 4 aromatic rings. The second kappa shape index (κ2) is 4.85. The quantitative estimate of drug-likeness (QED) is 0.602. The van der Waals surface area contributed by atoms with Gasteiger partial charge in [-0.3, -0.25) is 0 Å². The average Bonchev–Trinajstić information content (AvgIpc) is 2.98. The third-order valence-corrected chi connectivity index (χ3v) is 4.14. The lowest BCUT2D eigenvalue weighted by Gasteiger charge is -2.00. The van der Waals surface area contributed by atoms with E-state index in [0.29, 0.717) is 0 Å². The lowest BCUT2D eigenvalue weighted by atomic mass is 10.1. The van der Waals surface area contributed by atoms with Gasteiger partial charge in [-0.1, -0.05) is 67.8 Å². The van der Waals surface area contributed by atoms with Crippen LogP contribution in [0.4, 0.5) is 0 Å². The predicted octanol–water partition coefficient (Wildman–Crippen LogP) is 3.13. The molecule has 2 heteroatoms. The fourth-order valence-electron chi connectivity index (χ4n) is 2.98. The number of benzene rings is 3. The number of fused-ring (bicyclic) bond motifs is 3. The molecule has 106 valence electrons. The van der Waals surface area contributed by atoms with E-state index in [1.807, 2.05) is 30.3 Å². The highest BCUT2D eigenvalue weighted by atomic mass is 14.9. The van der Waals surface area contributed by atoms with Crippen molar-refractivity contribution in [3.63, 3.8) is 0 Å². The molecule has 0 saturated heterocycles. The maximum atomic E-state index is 4.76. The van der Waals surface area contributed by atoms with Crippen LogP contribution in [-0.4, -0.2) is 9.97 Å². The number of aromatic amines is 1. The summed E-state index contributed by atoms with van der Waals surface area (Å²) in [6.45, 7) is 8.35. The van der Waals surface area contributed by atoms with E-state index in [0.717, 1.165) is 44.5 Å². The molecule has 0 saturated carbocycles. The Balaban J connectivity index is 1.98. The molecule has 22 heavy (non-hydrogen) atoms. The van der Waals surface area contributed by atoms with E-state index in [1.165, 1.54) is 5.56 Å². The van der Waals surface area contributed by atoms with Crippen LogP contribution in [0.25, 0.3) is 35.0 Å². The van der Waals surface area contributed by atoms with Crippen molar-refractivity contribution in [3.05, 3.63) is 76.4 Å². The van der Waals surface area contributed by atoms with Crippen LogP contribution in [0.5, 0.6) is 0 Å². The second-order valence-corrected chi connectivity index (χ2v) is 5.57. The van der Waals surface area contributed by atoms with Crippen LogP contribution in [0.1, 0.15) is 11.4 Å². The van der Waals surface area contributed by atoms with Gasteiger partial charge in [0, 0.05) is 17.0 Å². The SMILES string of the molecule is C=c1c(=C)c2nc(Cc3ccccc3)[nH]c2c2ccccc12. The first kappa shape index (κ1) is 12.8. The van der Waals surface area contributed by atoms with Crippen molar-refractivity contribution < 1.29 is 0 Å². The van der Waals surface area contributed by atoms with Gasteiger partial charge in [-0.05, 0) is 16.2 Å². The van der Waals surface area contributed by atoms with Crippen molar-refractivity contribution in [1.29, 1.82) is 0 Å². The highest BCUT2D eigenvalue weighted by Crippen LogP contribution is 2.19. The van der Waals surface area contributed by atoms with Crippen molar-refractivity contribution in [1.82, 2.24) is 9.97 Å². The van der Waals surface area contributed by atoms with Gasteiger partial charge in [0.25, 0.3) is 0 Å². The molecule has 1 aromatic heterocycles. The van der Waals surface area contributed by atoms with Crippen LogP contribution in [0.3, 0.4) is 0 Å². The summed E-state index contributed by atoms with van der Waals surface area (Å²) in [5, 5.41) is 4.15. The molecule has 0 bridgehead atoms. The van der Waals surface area contributed by atoms with E-state index in [2.05, 4.69) is 42.4 Å². The maximum Gasteiger partial charge on any atom is 0.111 e. The fraction of sp³-hybridized carbons (Fsp3) is 0.0500. The van der Waals surface area contributed by atoms with Gasteiger partial charge < -0.3 is 4.98 Å². The molecule has 2 nitrogen and oxygen atoms in total. The zero-order valence-corrected chi connectivity index (χ0v) is 12.3. The summed E-state index contributed by atoms with van der Waals surface area (Å²) in [6.07, 6.45) is 0.787. The van der Waals surface area contributed by atoms with Crippen LogP contribution >= 0.6 is 0 Å². The number of rotatable bonds is 2. The van der Waals surface area contributed by atoms with Gasteiger partial charge in [0.05, 0.1) is 11.0 Å². The number of H-pyrrole nitrogens is 1. The number of nitrogens with zero attached hydrogens (tertiary/aromatic N) is 1. The van der Waals surface area contributed by atoms with Crippen molar-refractivity contribution in [2.24, 2.45) is 0 Å². The van der Waals surface area contributed by atoms with Crippen molar-refractivity contribution >= 4 is 35.0 Å². The summed E-state index contributed by atoms with van der Waals surface area (Å²) in [5.74, 6) is 0.960. The van der Waals surface area contributed by atoms with Crippen LogP contribution in [-0.2, 0) is 6.42 Å². The Morgan fingerprint density at radius 3 is 2.27 bits per heavy atom. The zero-order valence-electron chi connectivity index (χ0n) is 12.3. The van der Waals surface area contributed by atoms with Gasteiger partial charge in [0.1, 0.15) is 5.82 Å². The Kier molecular flexibility index (Phi) is 2.83. The number of hydrogen-bond donors (Lipinski definition) is 1. The molecule has 0 aliphatic rings. The topological polar surface area (TPSA) is 28.7 Å². The van der Waals surface area contributed by atoms with Crippen LogP contribution in [0.15, 0.2) is 54.6 Å². The Labute approximate surface area is 128 Å².